The Hall–Kier alpha value is -3.51. The number of amides is 1. The molecule has 4 rings (SSSR count). The first-order valence-electron chi connectivity index (χ1n) is 9.64. The third-order valence-corrected chi connectivity index (χ3v) is 5.42. The van der Waals surface area contributed by atoms with Gasteiger partial charge in [0.25, 0.3) is 5.91 Å². The highest BCUT2D eigenvalue weighted by molar-refractivity contribution is 6.32. The molecular weight excluding hydrogens is 418 g/mol. The fourth-order valence-corrected chi connectivity index (χ4v) is 3.32. The Morgan fingerprint density at radius 3 is 2.58 bits per heavy atom. The van der Waals surface area contributed by atoms with Gasteiger partial charge in [0.2, 0.25) is 16.9 Å². The maximum absolute atomic E-state index is 13.1. The largest absolute Gasteiger partial charge is 0.476 e. The lowest BCUT2D eigenvalue weighted by Crippen LogP contribution is -2.22. The molecule has 0 aliphatic heterocycles. The maximum Gasteiger partial charge on any atom is 0.262 e. The average Bonchev–Trinajstić information content (AvgIpc) is 3.26. The molecule has 0 saturated heterocycles. The number of hydrogen-bond acceptors (Lipinski definition) is 5. The van der Waals surface area contributed by atoms with Crippen LogP contribution in [0.25, 0.3) is 22.5 Å². The highest BCUT2D eigenvalue weighted by Crippen LogP contribution is 2.33. The first kappa shape index (κ1) is 20.8. The van der Waals surface area contributed by atoms with Crippen LogP contribution in [0, 0.1) is 20.8 Å². The Labute approximate surface area is 183 Å². The first-order chi connectivity index (χ1) is 14.8. The molecule has 4 aromatic rings. The molecule has 2 heterocycles. The van der Waals surface area contributed by atoms with Crippen LogP contribution in [0.5, 0.6) is 5.75 Å². The molecule has 0 atom stereocenters. The van der Waals surface area contributed by atoms with Crippen LogP contribution in [0.2, 0.25) is 5.02 Å². The first-order valence-corrected chi connectivity index (χ1v) is 10.0. The SMILES string of the molecule is Cc1ccc(NC(=O)COc2c(-c3ccco3)oc3cc(C)c(Cl)cc3c2=O)cc1C. The molecule has 0 unspecified atom stereocenters. The highest BCUT2D eigenvalue weighted by atomic mass is 35.5. The van der Waals surface area contributed by atoms with Gasteiger partial charge < -0.3 is 18.9 Å². The van der Waals surface area contributed by atoms with Crippen LogP contribution >= 0.6 is 11.6 Å². The van der Waals surface area contributed by atoms with Crippen molar-refractivity contribution in [3.8, 4) is 17.3 Å². The van der Waals surface area contributed by atoms with Crippen LogP contribution in [-0.4, -0.2) is 12.5 Å². The van der Waals surface area contributed by atoms with E-state index >= 15 is 0 Å². The minimum Gasteiger partial charge on any atom is -0.476 e. The standard InChI is InChI=1S/C24H20ClNO5/c1-13-6-7-16(9-14(13)2)26-21(27)12-30-24-22(28)17-11-18(25)15(3)10-20(17)31-23(24)19-5-4-8-29-19/h4-11H,12H2,1-3H3,(H,26,27). The quantitative estimate of drug-likeness (QED) is 0.436. The topological polar surface area (TPSA) is 81.7 Å². The number of halogens is 1. The summed E-state index contributed by atoms with van der Waals surface area (Å²) in [5.74, 6) is -0.0907. The van der Waals surface area contributed by atoms with Crippen LogP contribution in [0.3, 0.4) is 0 Å². The van der Waals surface area contributed by atoms with E-state index < -0.39 is 11.3 Å². The van der Waals surface area contributed by atoms with Gasteiger partial charge in [-0.1, -0.05) is 17.7 Å². The van der Waals surface area contributed by atoms with Crippen molar-refractivity contribution in [3.05, 3.63) is 80.7 Å². The van der Waals surface area contributed by atoms with E-state index in [1.54, 1.807) is 18.2 Å². The second-order valence-corrected chi connectivity index (χ2v) is 7.71. The molecule has 1 N–H and O–H groups in total. The summed E-state index contributed by atoms with van der Waals surface area (Å²) in [6.45, 7) is 5.39. The zero-order valence-electron chi connectivity index (χ0n) is 17.2. The third kappa shape index (κ3) is 4.20. The summed E-state index contributed by atoms with van der Waals surface area (Å²) in [4.78, 5) is 25.6. The molecule has 0 aliphatic carbocycles. The number of fused-ring (bicyclic) bond motifs is 1. The predicted octanol–water partition coefficient (Wildman–Crippen LogP) is 5.65. The number of hydrogen-bond donors (Lipinski definition) is 1. The number of rotatable bonds is 5. The van der Waals surface area contributed by atoms with Crippen LogP contribution in [-0.2, 0) is 4.79 Å². The van der Waals surface area contributed by atoms with Crippen LogP contribution in [0.4, 0.5) is 5.69 Å². The van der Waals surface area contributed by atoms with Crippen molar-refractivity contribution in [2.75, 3.05) is 11.9 Å². The van der Waals surface area contributed by atoms with Crippen molar-refractivity contribution >= 4 is 34.2 Å². The molecule has 1 amide bonds. The van der Waals surface area contributed by atoms with Crippen LogP contribution in [0.15, 0.2) is 62.4 Å². The second kappa shape index (κ2) is 8.32. The minimum atomic E-state index is -0.437. The van der Waals surface area contributed by atoms with Crippen molar-refractivity contribution in [3.63, 3.8) is 0 Å². The van der Waals surface area contributed by atoms with Crippen LogP contribution in [0.1, 0.15) is 16.7 Å². The summed E-state index contributed by atoms with van der Waals surface area (Å²) < 4.78 is 17.0. The fourth-order valence-electron chi connectivity index (χ4n) is 3.15. The van der Waals surface area contributed by atoms with Crippen molar-refractivity contribution in [2.24, 2.45) is 0 Å². The number of ether oxygens (including phenoxy) is 1. The van der Waals surface area contributed by atoms with E-state index in [-0.39, 0.29) is 23.5 Å². The third-order valence-electron chi connectivity index (χ3n) is 5.01. The van der Waals surface area contributed by atoms with E-state index in [4.69, 9.17) is 25.2 Å². The van der Waals surface area contributed by atoms with E-state index in [1.165, 1.54) is 12.3 Å². The number of carbonyl (C=O) groups excluding carboxylic acids is 1. The average molecular weight is 438 g/mol. The number of nitrogens with one attached hydrogen (secondary N) is 1. The van der Waals surface area contributed by atoms with Gasteiger partial charge in [-0.25, -0.2) is 0 Å². The number of carbonyl (C=O) groups is 1. The molecule has 2 aromatic heterocycles. The van der Waals surface area contributed by atoms with Gasteiger partial charge in [0.05, 0.1) is 11.6 Å². The molecule has 31 heavy (non-hydrogen) atoms. The lowest BCUT2D eigenvalue weighted by atomic mass is 10.1. The Bertz CT molecular complexity index is 1340. The van der Waals surface area contributed by atoms with E-state index in [9.17, 15) is 9.59 Å². The second-order valence-electron chi connectivity index (χ2n) is 7.30. The molecule has 158 valence electrons. The van der Waals surface area contributed by atoms with Gasteiger partial charge in [-0.3, -0.25) is 9.59 Å². The molecule has 0 aliphatic rings. The summed E-state index contributed by atoms with van der Waals surface area (Å²) in [6.07, 6.45) is 1.46. The molecule has 7 heteroatoms. The summed E-state index contributed by atoms with van der Waals surface area (Å²) in [5.41, 5.74) is 3.51. The smallest absolute Gasteiger partial charge is 0.262 e. The Kier molecular flexibility index (Phi) is 5.57. The van der Waals surface area contributed by atoms with E-state index in [1.807, 2.05) is 39.0 Å². The van der Waals surface area contributed by atoms with Gasteiger partial charge in [-0.05, 0) is 73.9 Å². The molecule has 6 nitrogen and oxygen atoms in total. The Morgan fingerprint density at radius 1 is 1.06 bits per heavy atom. The number of furan rings is 1. The van der Waals surface area contributed by atoms with Crippen LogP contribution < -0.4 is 15.5 Å². The zero-order chi connectivity index (χ0) is 22.1. The normalized spacial score (nSPS) is 11.0. The lowest BCUT2D eigenvalue weighted by molar-refractivity contribution is -0.118. The summed E-state index contributed by atoms with van der Waals surface area (Å²) >= 11 is 6.19. The van der Waals surface area contributed by atoms with Crippen molar-refractivity contribution in [1.29, 1.82) is 0 Å². The van der Waals surface area contributed by atoms with E-state index in [0.29, 0.717) is 22.1 Å². The maximum atomic E-state index is 13.1. The Morgan fingerprint density at radius 2 is 1.87 bits per heavy atom. The molecule has 0 fully saturated rings. The van der Waals surface area contributed by atoms with Crippen molar-refractivity contribution in [1.82, 2.24) is 0 Å². The molecule has 0 bridgehead atoms. The minimum absolute atomic E-state index is 0.113. The van der Waals surface area contributed by atoms with Gasteiger partial charge in [0.1, 0.15) is 5.58 Å². The number of benzene rings is 2. The molecule has 0 spiro atoms. The molecule has 2 aromatic carbocycles. The van der Waals surface area contributed by atoms with E-state index in [0.717, 1.165) is 16.7 Å². The van der Waals surface area contributed by atoms with Crippen molar-refractivity contribution in [2.45, 2.75) is 20.8 Å². The van der Waals surface area contributed by atoms with Crippen molar-refractivity contribution < 1.29 is 18.4 Å². The lowest BCUT2D eigenvalue weighted by Gasteiger charge is -2.12. The number of anilines is 1. The Balaban J connectivity index is 1.67. The predicted molar refractivity (Wildman–Crippen MR) is 120 cm³/mol. The molecule has 0 radical (unpaired) electrons. The van der Waals surface area contributed by atoms with Gasteiger partial charge >= 0.3 is 0 Å². The highest BCUT2D eigenvalue weighted by Gasteiger charge is 2.21. The summed E-state index contributed by atoms with van der Waals surface area (Å²) in [5, 5.41) is 3.46. The summed E-state index contributed by atoms with van der Waals surface area (Å²) in [7, 11) is 0. The van der Waals surface area contributed by atoms with Gasteiger partial charge in [-0.2, -0.15) is 0 Å². The number of aryl methyl sites for hydroxylation is 3. The monoisotopic (exact) mass is 437 g/mol. The zero-order valence-corrected chi connectivity index (χ0v) is 18.0. The fraction of sp³-hybridized carbons (Fsp3) is 0.167. The summed E-state index contributed by atoms with van der Waals surface area (Å²) in [6, 6.07) is 12.1. The van der Waals surface area contributed by atoms with Gasteiger partial charge in [0.15, 0.2) is 12.4 Å². The van der Waals surface area contributed by atoms with Gasteiger partial charge in [0, 0.05) is 10.7 Å². The molecular formula is C24H20ClNO5. The molecule has 0 saturated carbocycles. The van der Waals surface area contributed by atoms with E-state index in [2.05, 4.69) is 5.32 Å². The van der Waals surface area contributed by atoms with Gasteiger partial charge in [-0.15, -0.1) is 0 Å².